The molecule has 2 aromatic rings. The summed E-state index contributed by atoms with van der Waals surface area (Å²) >= 11 is 0. The van der Waals surface area contributed by atoms with Crippen LogP contribution < -0.4 is 10.6 Å². The fraction of sp³-hybridized carbons (Fsp3) is 0.400. The van der Waals surface area contributed by atoms with Gasteiger partial charge in [0.05, 0.1) is 0 Å². The average Bonchev–Trinajstić information content (AvgIpc) is 3.10. The first-order valence-electron chi connectivity index (χ1n) is 11.1. The van der Waals surface area contributed by atoms with Crippen LogP contribution in [0.4, 0.5) is 18.0 Å². The van der Waals surface area contributed by atoms with Crippen LogP contribution in [-0.2, 0) is 14.3 Å². The molecule has 3 N–H and O–H groups in total. The summed E-state index contributed by atoms with van der Waals surface area (Å²) in [5.74, 6) is -5.61. The largest absolute Gasteiger partial charge is 0.481 e. The van der Waals surface area contributed by atoms with Crippen molar-refractivity contribution in [2.45, 2.75) is 32.4 Å². The van der Waals surface area contributed by atoms with Gasteiger partial charge in [-0.1, -0.05) is 62.4 Å². The predicted octanol–water partition coefficient (Wildman–Crippen LogP) is 4.32. The number of hydrogen-bond donors (Lipinski definition) is 3. The summed E-state index contributed by atoms with van der Waals surface area (Å²) in [5, 5.41) is 13.3. The molecular weight excluding hydrogens is 465 g/mol. The Morgan fingerprint density at radius 1 is 0.971 bits per heavy atom. The summed E-state index contributed by atoms with van der Waals surface area (Å²) in [6.45, 7) is 2.08. The highest BCUT2D eigenvalue weighted by molar-refractivity contribution is 5.83. The monoisotopic (exact) mass is 492 g/mol. The summed E-state index contributed by atoms with van der Waals surface area (Å²) in [6.07, 6.45) is -5.55. The van der Waals surface area contributed by atoms with E-state index in [-0.39, 0.29) is 25.5 Å². The van der Waals surface area contributed by atoms with Gasteiger partial charge in [-0.25, -0.2) is 4.79 Å². The van der Waals surface area contributed by atoms with E-state index in [0.717, 1.165) is 22.3 Å². The number of rotatable bonds is 9. The summed E-state index contributed by atoms with van der Waals surface area (Å²) < 4.78 is 43.7. The molecule has 1 atom stereocenters. The number of carboxylic acid groups (broad SMARTS) is 1. The lowest BCUT2D eigenvalue weighted by Gasteiger charge is -2.25. The van der Waals surface area contributed by atoms with Crippen molar-refractivity contribution >= 4 is 18.0 Å². The van der Waals surface area contributed by atoms with Gasteiger partial charge < -0.3 is 20.5 Å². The Bertz CT molecular complexity index is 1060. The smallest absolute Gasteiger partial charge is 0.407 e. The van der Waals surface area contributed by atoms with Crippen molar-refractivity contribution in [1.29, 1.82) is 0 Å². The van der Waals surface area contributed by atoms with E-state index in [0.29, 0.717) is 0 Å². The average molecular weight is 492 g/mol. The van der Waals surface area contributed by atoms with Gasteiger partial charge in [0, 0.05) is 24.4 Å². The summed E-state index contributed by atoms with van der Waals surface area (Å²) in [5.41, 5.74) is 3.18. The summed E-state index contributed by atoms with van der Waals surface area (Å²) in [7, 11) is 0. The highest BCUT2D eigenvalue weighted by Crippen LogP contribution is 2.44. The molecule has 3 rings (SSSR count). The standard InChI is InChI=1S/C25H27F3N2O5/c1-24(2,22(33)30-13-20(21(31)32)25(26,27)28)11-12-29-23(34)35-14-19-17-9-5-3-7-15(17)16-8-4-6-10-18(16)19/h3-10,19-20H,11-14H2,1-2H3,(H,29,34)(H,30,33)(H,31,32). The van der Waals surface area contributed by atoms with E-state index in [4.69, 9.17) is 9.84 Å². The third-order valence-corrected chi connectivity index (χ3v) is 6.14. The number of alkyl halides is 3. The number of alkyl carbamates (subject to hydrolysis) is 1. The normalized spacial score (nSPS) is 14.0. The maximum Gasteiger partial charge on any atom is 0.407 e. The van der Waals surface area contributed by atoms with Crippen molar-refractivity contribution < 1.29 is 37.4 Å². The van der Waals surface area contributed by atoms with E-state index in [1.807, 2.05) is 53.8 Å². The molecule has 2 aromatic carbocycles. The van der Waals surface area contributed by atoms with Crippen LogP contribution in [0.2, 0.25) is 0 Å². The van der Waals surface area contributed by atoms with Crippen molar-refractivity contribution in [3.8, 4) is 11.1 Å². The van der Waals surface area contributed by atoms with Crippen LogP contribution in [0.5, 0.6) is 0 Å². The molecule has 0 radical (unpaired) electrons. The Morgan fingerprint density at radius 2 is 1.51 bits per heavy atom. The number of amides is 2. The number of carbonyl (C=O) groups excluding carboxylic acids is 2. The molecule has 0 spiro atoms. The third-order valence-electron chi connectivity index (χ3n) is 6.14. The van der Waals surface area contributed by atoms with Crippen LogP contribution in [-0.4, -0.2) is 48.9 Å². The molecule has 0 saturated carbocycles. The minimum atomic E-state index is -4.98. The molecule has 188 valence electrons. The number of carbonyl (C=O) groups is 3. The first-order valence-corrected chi connectivity index (χ1v) is 11.1. The third kappa shape index (κ3) is 6.12. The number of benzene rings is 2. The lowest BCUT2D eigenvalue weighted by molar-refractivity contribution is -0.192. The van der Waals surface area contributed by atoms with Gasteiger partial charge in [-0.15, -0.1) is 0 Å². The zero-order valence-corrected chi connectivity index (χ0v) is 19.3. The minimum Gasteiger partial charge on any atom is -0.481 e. The van der Waals surface area contributed by atoms with Crippen molar-refractivity contribution in [3.05, 3.63) is 59.7 Å². The fourth-order valence-corrected chi connectivity index (χ4v) is 4.02. The molecule has 7 nitrogen and oxygen atoms in total. The maximum absolute atomic E-state index is 12.8. The Morgan fingerprint density at radius 3 is 2.03 bits per heavy atom. The van der Waals surface area contributed by atoms with E-state index in [2.05, 4.69) is 5.32 Å². The van der Waals surface area contributed by atoms with Gasteiger partial charge in [0.1, 0.15) is 6.61 Å². The molecule has 0 aromatic heterocycles. The zero-order valence-electron chi connectivity index (χ0n) is 19.3. The Labute approximate surface area is 200 Å². The second kappa shape index (κ2) is 10.4. The molecule has 0 fully saturated rings. The number of carboxylic acids is 1. The second-order valence-corrected chi connectivity index (χ2v) is 9.03. The van der Waals surface area contributed by atoms with Gasteiger partial charge in [-0.3, -0.25) is 9.59 Å². The van der Waals surface area contributed by atoms with Crippen LogP contribution in [0.25, 0.3) is 11.1 Å². The molecule has 0 saturated heterocycles. The maximum atomic E-state index is 12.8. The Balaban J connectivity index is 1.48. The van der Waals surface area contributed by atoms with Crippen LogP contribution in [0.3, 0.4) is 0 Å². The van der Waals surface area contributed by atoms with Crippen molar-refractivity contribution in [2.24, 2.45) is 11.3 Å². The van der Waals surface area contributed by atoms with E-state index in [1.165, 1.54) is 13.8 Å². The van der Waals surface area contributed by atoms with Gasteiger partial charge >= 0.3 is 18.2 Å². The molecule has 35 heavy (non-hydrogen) atoms. The highest BCUT2D eigenvalue weighted by atomic mass is 19.4. The van der Waals surface area contributed by atoms with E-state index >= 15 is 0 Å². The van der Waals surface area contributed by atoms with Crippen molar-refractivity contribution in [2.75, 3.05) is 19.7 Å². The fourth-order valence-electron chi connectivity index (χ4n) is 4.02. The Hall–Kier alpha value is -3.56. The SMILES string of the molecule is CC(C)(CCNC(=O)OCC1c2ccccc2-c2ccccc21)C(=O)NCC(C(=O)O)C(F)(F)F. The Kier molecular flexibility index (Phi) is 7.72. The molecular formula is C25H27F3N2O5. The lowest BCUT2D eigenvalue weighted by atomic mass is 9.88. The molecule has 1 unspecified atom stereocenters. The number of aliphatic carboxylic acids is 1. The number of fused-ring (bicyclic) bond motifs is 3. The van der Waals surface area contributed by atoms with Crippen LogP contribution in [0.1, 0.15) is 37.3 Å². The summed E-state index contributed by atoms with van der Waals surface area (Å²) in [6, 6.07) is 15.8. The molecule has 0 aliphatic heterocycles. The topological polar surface area (TPSA) is 105 Å². The van der Waals surface area contributed by atoms with E-state index in [9.17, 15) is 27.6 Å². The lowest BCUT2D eigenvalue weighted by Crippen LogP contribution is -2.45. The first kappa shape index (κ1) is 26.1. The van der Waals surface area contributed by atoms with E-state index < -0.39 is 42.0 Å². The first-order chi connectivity index (χ1) is 16.4. The second-order valence-electron chi connectivity index (χ2n) is 9.03. The quantitative estimate of drug-likeness (QED) is 0.484. The van der Waals surface area contributed by atoms with Gasteiger partial charge in [-0.2, -0.15) is 13.2 Å². The van der Waals surface area contributed by atoms with Crippen molar-refractivity contribution in [1.82, 2.24) is 10.6 Å². The minimum absolute atomic E-state index is 0.0404. The number of nitrogens with one attached hydrogen (secondary N) is 2. The van der Waals surface area contributed by atoms with Crippen LogP contribution >= 0.6 is 0 Å². The number of ether oxygens (including phenoxy) is 1. The molecule has 2 amide bonds. The van der Waals surface area contributed by atoms with Crippen LogP contribution in [0.15, 0.2) is 48.5 Å². The van der Waals surface area contributed by atoms with Gasteiger partial charge in [-0.05, 0) is 28.7 Å². The zero-order chi connectivity index (χ0) is 25.8. The molecule has 0 heterocycles. The molecule has 1 aliphatic carbocycles. The molecule has 1 aliphatic rings. The van der Waals surface area contributed by atoms with Gasteiger partial charge in [0.25, 0.3) is 0 Å². The van der Waals surface area contributed by atoms with Gasteiger partial charge in [0.15, 0.2) is 5.92 Å². The molecule has 0 bridgehead atoms. The summed E-state index contributed by atoms with van der Waals surface area (Å²) in [4.78, 5) is 35.4. The van der Waals surface area contributed by atoms with Crippen molar-refractivity contribution in [3.63, 3.8) is 0 Å². The van der Waals surface area contributed by atoms with E-state index in [1.54, 1.807) is 0 Å². The predicted molar refractivity (Wildman–Crippen MR) is 122 cm³/mol. The highest BCUT2D eigenvalue weighted by Gasteiger charge is 2.45. The number of halogens is 3. The number of hydrogen-bond acceptors (Lipinski definition) is 4. The van der Waals surface area contributed by atoms with Crippen LogP contribution in [0, 0.1) is 11.3 Å². The van der Waals surface area contributed by atoms with Gasteiger partial charge in [0.2, 0.25) is 5.91 Å². The molecule has 10 heteroatoms.